The number of pyridine rings is 1. The second kappa shape index (κ2) is 5.18. The average Bonchev–Trinajstić information content (AvgIpc) is 3.01. The number of aliphatic hydroxyl groups excluding tert-OH is 1. The summed E-state index contributed by atoms with van der Waals surface area (Å²) >= 11 is 0. The Hall–Kier alpha value is -1.99. The largest absolute Gasteiger partial charge is 0.392 e. The van der Waals surface area contributed by atoms with E-state index < -0.39 is 0 Å². The Bertz CT molecular complexity index is 637. The van der Waals surface area contributed by atoms with E-state index in [0.29, 0.717) is 11.2 Å². The molecule has 106 valence electrons. The van der Waals surface area contributed by atoms with Crippen LogP contribution in [0.15, 0.2) is 12.3 Å². The molecule has 0 amide bonds. The normalized spacial score (nSPS) is 19.8. The van der Waals surface area contributed by atoms with Crippen LogP contribution in [-0.4, -0.2) is 56.5 Å². The van der Waals surface area contributed by atoms with Crippen LogP contribution in [0.3, 0.4) is 0 Å². The van der Waals surface area contributed by atoms with E-state index in [1.807, 2.05) is 0 Å². The predicted octanol–water partition coefficient (Wildman–Crippen LogP) is -0.149. The second-order valence-corrected chi connectivity index (χ2v) is 5.15. The third kappa shape index (κ3) is 2.50. The molecule has 1 aliphatic heterocycles. The average molecular weight is 274 g/mol. The number of hydrogen-bond acceptors (Lipinski definition) is 5. The van der Waals surface area contributed by atoms with Gasteiger partial charge in [-0.15, -0.1) is 0 Å². The maximum absolute atomic E-state index is 9.50. The third-order valence-corrected chi connectivity index (χ3v) is 3.64. The number of nitrogens with two attached hydrogens (primary N) is 1. The highest BCUT2D eigenvalue weighted by Crippen LogP contribution is 2.15. The lowest BCUT2D eigenvalue weighted by Gasteiger charge is -2.13. The van der Waals surface area contributed by atoms with Crippen molar-refractivity contribution >= 4 is 17.0 Å². The fourth-order valence-electron chi connectivity index (χ4n) is 2.58. The summed E-state index contributed by atoms with van der Waals surface area (Å²) < 4.78 is 0. The quantitative estimate of drug-likeness (QED) is 0.457. The molecule has 7 nitrogen and oxygen atoms in total. The van der Waals surface area contributed by atoms with Gasteiger partial charge >= 0.3 is 0 Å². The number of aromatic nitrogens is 3. The van der Waals surface area contributed by atoms with Crippen molar-refractivity contribution in [1.82, 2.24) is 19.9 Å². The van der Waals surface area contributed by atoms with Crippen molar-refractivity contribution in [3.05, 3.63) is 23.7 Å². The highest BCUT2D eigenvalue weighted by molar-refractivity contribution is 6.04. The Morgan fingerprint density at radius 3 is 3.15 bits per heavy atom. The Labute approximate surface area is 116 Å². The van der Waals surface area contributed by atoms with Gasteiger partial charge in [0.2, 0.25) is 0 Å². The van der Waals surface area contributed by atoms with Crippen LogP contribution >= 0.6 is 0 Å². The number of nitrogens with one attached hydrogen (secondary N) is 2. The molecule has 2 aromatic rings. The number of amidine groups is 1. The van der Waals surface area contributed by atoms with Gasteiger partial charge in [-0.3, -0.25) is 5.41 Å². The molecule has 1 atom stereocenters. The van der Waals surface area contributed by atoms with Gasteiger partial charge in [-0.05, 0) is 12.5 Å². The molecule has 2 aromatic heterocycles. The molecule has 1 fully saturated rings. The number of nitrogens with zero attached hydrogens (tertiary/aromatic N) is 3. The second-order valence-electron chi connectivity index (χ2n) is 5.15. The summed E-state index contributed by atoms with van der Waals surface area (Å²) in [5.74, 6) is 0.845. The van der Waals surface area contributed by atoms with Gasteiger partial charge in [-0.1, -0.05) is 0 Å². The van der Waals surface area contributed by atoms with E-state index in [2.05, 4.69) is 19.9 Å². The molecule has 0 saturated carbocycles. The van der Waals surface area contributed by atoms with Crippen molar-refractivity contribution in [2.45, 2.75) is 18.9 Å². The zero-order valence-electron chi connectivity index (χ0n) is 11.1. The molecule has 0 aliphatic carbocycles. The monoisotopic (exact) mass is 274 g/mol. The predicted molar refractivity (Wildman–Crippen MR) is 75.7 cm³/mol. The van der Waals surface area contributed by atoms with Gasteiger partial charge in [-0.25, -0.2) is 9.97 Å². The van der Waals surface area contributed by atoms with Gasteiger partial charge in [0.1, 0.15) is 11.7 Å². The maximum atomic E-state index is 9.50. The molecule has 3 rings (SSSR count). The minimum absolute atomic E-state index is 0.00950. The molecule has 1 unspecified atom stereocenters. The van der Waals surface area contributed by atoms with E-state index in [1.165, 1.54) is 0 Å². The van der Waals surface area contributed by atoms with Gasteiger partial charge in [0.15, 0.2) is 5.65 Å². The topological polar surface area (TPSA) is 115 Å². The van der Waals surface area contributed by atoms with Crippen molar-refractivity contribution in [2.24, 2.45) is 5.73 Å². The lowest BCUT2D eigenvalue weighted by atomic mass is 10.2. The molecule has 5 N–H and O–H groups in total. The SMILES string of the molecule is N=C(N)c1ccnc2nc(CCN3CCC(O)C3)[nH]c12. The van der Waals surface area contributed by atoms with Gasteiger partial charge in [0.25, 0.3) is 0 Å². The van der Waals surface area contributed by atoms with Gasteiger partial charge in [0, 0.05) is 37.8 Å². The molecule has 1 aliphatic rings. The number of imidazole rings is 1. The van der Waals surface area contributed by atoms with Crippen molar-refractivity contribution in [2.75, 3.05) is 19.6 Å². The van der Waals surface area contributed by atoms with Gasteiger partial charge in [0.05, 0.1) is 11.6 Å². The number of aliphatic hydroxyl groups is 1. The smallest absolute Gasteiger partial charge is 0.178 e. The number of hydrogen-bond donors (Lipinski definition) is 4. The van der Waals surface area contributed by atoms with Gasteiger partial charge in [-0.2, -0.15) is 0 Å². The highest BCUT2D eigenvalue weighted by atomic mass is 16.3. The van der Waals surface area contributed by atoms with Crippen LogP contribution in [0.1, 0.15) is 17.8 Å². The summed E-state index contributed by atoms with van der Waals surface area (Å²) in [6.07, 6.45) is 3.02. The number of likely N-dealkylation sites (tertiary alicyclic amines) is 1. The lowest BCUT2D eigenvalue weighted by molar-refractivity contribution is 0.176. The Kier molecular flexibility index (Phi) is 3.37. The number of nitrogen functional groups attached to an aromatic ring is 1. The fourth-order valence-corrected chi connectivity index (χ4v) is 2.58. The van der Waals surface area contributed by atoms with Crippen LogP contribution in [0, 0.1) is 5.41 Å². The molecule has 20 heavy (non-hydrogen) atoms. The molecular weight excluding hydrogens is 256 g/mol. The summed E-state index contributed by atoms with van der Waals surface area (Å²) in [4.78, 5) is 14.0. The van der Waals surface area contributed by atoms with E-state index in [-0.39, 0.29) is 11.9 Å². The number of aromatic amines is 1. The van der Waals surface area contributed by atoms with E-state index in [1.54, 1.807) is 12.3 Å². The van der Waals surface area contributed by atoms with Crippen LogP contribution in [0.25, 0.3) is 11.2 Å². The first-order valence-electron chi connectivity index (χ1n) is 6.72. The van der Waals surface area contributed by atoms with Crippen LogP contribution in [0.2, 0.25) is 0 Å². The number of β-amino-alcohol motifs (C(OH)–C–C–N with tert-alkyl or cyclic N) is 1. The molecule has 0 radical (unpaired) electrons. The molecule has 3 heterocycles. The highest BCUT2D eigenvalue weighted by Gasteiger charge is 2.20. The van der Waals surface area contributed by atoms with Crippen molar-refractivity contribution in [1.29, 1.82) is 5.41 Å². The van der Waals surface area contributed by atoms with E-state index in [4.69, 9.17) is 11.1 Å². The minimum Gasteiger partial charge on any atom is -0.392 e. The van der Waals surface area contributed by atoms with Crippen molar-refractivity contribution in [3.63, 3.8) is 0 Å². The standard InChI is InChI=1S/C13H18N6O/c14-12(15)9-1-4-16-13-11(9)17-10(18-13)3-6-19-5-2-8(20)7-19/h1,4,8,20H,2-3,5-7H2,(H3,14,15)(H,16,17,18). The summed E-state index contributed by atoms with van der Waals surface area (Å²) in [7, 11) is 0. The third-order valence-electron chi connectivity index (χ3n) is 3.64. The zero-order chi connectivity index (χ0) is 14.1. The molecule has 7 heteroatoms. The zero-order valence-corrected chi connectivity index (χ0v) is 11.1. The Morgan fingerprint density at radius 2 is 2.45 bits per heavy atom. The summed E-state index contributed by atoms with van der Waals surface area (Å²) in [5.41, 5.74) is 7.49. The number of rotatable bonds is 4. The molecule has 1 saturated heterocycles. The summed E-state index contributed by atoms with van der Waals surface area (Å²) in [5, 5.41) is 17.0. The number of H-pyrrole nitrogens is 1. The van der Waals surface area contributed by atoms with Crippen molar-refractivity contribution < 1.29 is 5.11 Å². The first-order chi connectivity index (χ1) is 9.63. The Morgan fingerprint density at radius 1 is 1.60 bits per heavy atom. The van der Waals surface area contributed by atoms with E-state index in [0.717, 1.165) is 43.8 Å². The van der Waals surface area contributed by atoms with Crippen LogP contribution < -0.4 is 5.73 Å². The van der Waals surface area contributed by atoms with E-state index in [9.17, 15) is 5.11 Å². The molecular formula is C13H18N6O. The van der Waals surface area contributed by atoms with Crippen LogP contribution in [0.4, 0.5) is 0 Å². The Balaban J connectivity index is 1.76. The fraction of sp³-hybridized carbons (Fsp3) is 0.462. The first kappa shape index (κ1) is 13.0. The van der Waals surface area contributed by atoms with Gasteiger partial charge < -0.3 is 20.7 Å². The molecule has 0 bridgehead atoms. The van der Waals surface area contributed by atoms with Crippen molar-refractivity contribution in [3.8, 4) is 0 Å². The molecule has 0 aromatic carbocycles. The summed E-state index contributed by atoms with van der Waals surface area (Å²) in [6.45, 7) is 2.52. The maximum Gasteiger partial charge on any atom is 0.178 e. The summed E-state index contributed by atoms with van der Waals surface area (Å²) in [6, 6.07) is 1.71. The number of fused-ring (bicyclic) bond motifs is 1. The minimum atomic E-state index is -0.198. The molecule has 0 spiro atoms. The van der Waals surface area contributed by atoms with E-state index >= 15 is 0 Å². The van der Waals surface area contributed by atoms with Crippen LogP contribution in [-0.2, 0) is 6.42 Å². The van der Waals surface area contributed by atoms with Crippen LogP contribution in [0.5, 0.6) is 0 Å². The lowest BCUT2D eigenvalue weighted by Crippen LogP contribution is -2.24. The first-order valence-corrected chi connectivity index (χ1v) is 6.72.